The van der Waals surface area contributed by atoms with Crippen LogP contribution < -0.4 is 15.5 Å². The summed E-state index contributed by atoms with van der Waals surface area (Å²) in [5.41, 5.74) is -0.213. The Morgan fingerprint density at radius 3 is 2.40 bits per heavy atom. The van der Waals surface area contributed by atoms with Gasteiger partial charge in [0.1, 0.15) is 5.82 Å². The molecule has 1 aromatic carbocycles. The number of nitrogens with one attached hydrogen (secondary N) is 2. The topological polar surface area (TPSA) is 101 Å². The fourth-order valence-electron chi connectivity index (χ4n) is 3.66. The molecule has 2 amide bonds. The van der Waals surface area contributed by atoms with Gasteiger partial charge in [-0.2, -0.15) is 13.2 Å². The second kappa shape index (κ2) is 11.2. The van der Waals surface area contributed by atoms with E-state index in [9.17, 15) is 27.6 Å². The van der Waals surface area contributed by atoms with Crippen LogP contribution in [-0.2, 0) is 20.5 Å². The summed E-state index contributed by atoms with van der Waals surface area (Å²) in [4.78, 5) is 42.7. The van der Waals surface area contributed by atoms with Crippen LogP contribution in [0.25, 0.3) is 0 Å². The minimum atomic E-state index is -4.45. The van der Waals surface area contributed by atoms with Gasteiger partial charge >= 0.3 is 12.1 Å². The number of esters is 1. The van der Waals surface area contributed by atoms with Crippen LogP contribution in [-0.4, -0.2) is 48.5 Å². The van der Waals surface area contributed by atoms with Crippen LogP contribution in [0.1, 0.15) is 42.6 Å². The van der Waals surface area contributed by atoms with Gasteiger partial charge in [0.25, 0.3) is 11.8 Å². The summed E-state index contributed by atoms with van der Waals surface area (Å²) in [6.45, 7) is 3.98. The average molecular weight is 492 g/mol. The van der Waals surface area contributed by atoms with Crippen LogP contribution >= 0.6 is 0 Å². The van der Waals surface area contributed by atoms with Crippen molar-refractivity contribution in [3.8, 4) is 0 Å². The molecule has 3 rings (SSSR count). The third-order valence-electron chi connectivity index (χ3n) is 5.44. The summed E-state index contributed by atoms with van der Waals surface area (Å²) in [5, 5.41) is 5.35. The molecule has 2 heterocycles. The van der Waals surface area contributed by atoms with Crippen molar-refractivity contribution in [2.75, 3.05) is 29.9 Å². The predicted molar refractivity (Wildman–Crippen MR) is 123 cm³/mol. The van der Waals surface area contributed by atoms with Crippen molar-refractivity contribution in [3.63, 3.8) is 0 Å². The van der Waals surface area contributed by atoms with E-state index in [1.807, 2.05) is 13.8 Å². The lowest BCUT2D eigenvalue weighted by Gasteiger charge is -2.31. The molecule has 2 aromatic rings. The molecular weight excluding hydrogens is 465 g/mol. The molecule has 1 saturated heterocycles. The van der Waals surface area contributed by atoms with Gasteiger partial charge in [-0.1, -0.05) is 12.1 Å². The summed E-state index contributed by atoms with van der Waals surface area (Å²) in [6.07, 6.45) is -2.82. The first-order valence-corrected chi connectivity index (χ1v) is 11.2. The second-order valence-electron chi connectivity index (χ2n) is 8.49. The molecule has 2 N–H and O–H groups in total. The zero-order chi connectivity index (χ0) is 25.6. The molecule has 0 saturated carbocycles. The van der Waals surface area contributed by atoms with E-state index in [2.05, 4.69) is 15.6 Å². The van der Waals surface area contributed by atoms with Crippen molar-refractivity contribution in [1.82, 2.24) is 10.3 Å². The Kier molecular flexibility index (Phi) is 8.31. The van der Waals surface area contributed by atoms with Crippen molar-refractivity contribution >= 4 is 29.3 Å². The van der Waals surface area contributed by atoms with Gasteiger partial charge in [0.15, 0.2) is 6.61 Å². The molecule has 1 aromatic heterocycles. The highest BCUT2D eigenvalue weighted by Crippen LogP contribution is 2.30. The number of carbonyl (C=O) groups is 3. The van der Waals surface area contributed by atoms with Gasteiger partial charge in [-0.3, -0.25) is 14.4 Å². The lowest BCUT2D eigenvalue weighted by atomic mass is 9.97. The Morgan fingerprint density at radius 2 is 1.80 bits per heavy atom. The van der Waals surface area contributed by atoms with Gasteiger partial charge in [-0.25, -0.2) is 4.98 Å². The number of pyridine rings is 1. The van der Waals surface area contributed by atoms with E-state index in [0.717, 1.165) is 12.3 Å². The standard InChI is InChI=1S/C24H27F3N4O4/c1-15(2)29-22(33)18-5-3-4-6-19(18)30-21(32)14-35-23(34)16-9-11-31(12-10-16)20-8-7-17(13-28-20)24(25,26)27/h3-8,13,15-16H,9-12,14H2,1-2H3,(H,29,33)(H,30,32). The van der Waals surface area contributed by atoms with Gasteiger partial charge in [0.05, 0.1) is 22.7 Å². The monoisotopic (exact) mass is 492 g/mol. The predicted octanol–water partition coefficient (Wildman–Crippen LogP) is 3.64. The van der Waals surface area contributed by atoms with E-state index in [-0.39, 0.29) is 11.9 Å². The van der Waals surface area contributed by atoms with Gasteiger partial charge in [0, 0.05) is 25.3 Å². The molecule has 0 bridgehead atoms. The normalized spacial score (nSPS) is 14.5. The van der Waals surface area contributed by atoms with Gasteiger partial charge in [-0.15, -0.1) is 0 Å². The number of aromatic nitrogens is 1. The zero-order valence-corrected chi connectivity index (χ0v) is 19.4. The number of hydrogen-bond acceptors (Lipinski definition) is 6. The smallest absolute Gasteiger partial charge is 0.417 e. The maximum atomic E-state index is 12.7. The molecule has 0 radical (unpaired) electrons. The first-order chi connectivity index (χ1) is 16.5. The largest absolute Gasteiger partial charge is 0.455 e. The number of hydrogen-bond donors (Lipinski definition) is 2. The molecule has 0 atom stereocenters. The van der Waals surface area contributed by atoms with Crippen LogP contribution in [0.5, 0.6) is 0 Å². The lowest BCUT2D eigenvalue weighted by Crippen LogP contribution is -2.38. The minimum Gasteiger partial charge on any atom is -0.455 e. The van der Waals surface area contributed by atoms with Crippen molar-refractivity contribution in [1.29, 1.82) is 0 Å². The van der Waals surface area contributed by atoms with Gasteiger partial charge < -0.3 is 20.3 Å². The molecule has 0 spiro atoms. The van der Waals surface area contributed by atoms with Crippen molar-refractivity contribution < 1.29 is 32.3 Å². The first-order valence-electron chi connectivity index (χ1n) is 11.2. The van der Waals surface area contributed by atoms with E-state index < -0.39 is 36.1 Å². The number of rotatable bonds is 7. The molecule has 1 aliphatic rings. The molecule has 0 unspecified atom stereocenters. The molecule has 0 aliphatic carbocycles. The number of halogens is 3. The van der Waals surface area contributed by atoms with Crippen LogP contribution in [0.15, 0.2) is 42.6 Å². The van der Waals surface area contributed by atoms with E-state index in [4.69, 9.17) is 4.74 Å². The zero-order valence-electron chi connectivity index (χ0n) is 19.4. The summed E-state index contributed by atoms with van der Waals surface area (Å²) in [5.74, 6) is -1.45. The van der Waals surface area contributed by atoms with Gasteiger partial charge in [0.2, 0.25) is 0 Å². The number of carbonyl (C=O) groups excluding carboxylic acids is 3. The molecule has 8 nitrogen and oxygen atoms in total. The summed E-state index contributed by atoms with van der Waals surface area (Å²) in [6, 6.07) is 8.73. The highest BCUT2D eigenvalue weighted by molar-refractivity contribution is 6.04. The minimum absolute atomic E-state index is 0.0753. The highest BCUT2D eigenvalue weighted by Gasteiger charge is 2.32. The fourth-order valence-corrected chi connectivity index (χ4v) is 3.66. The fraction of sp³-hybridized carbons (Fsp3) is 0.417. The quantitative estimate of drug-likeness (QED) is 0.573. The number of alkyl halides is 3. The second-order valence-corrected chi connectivity index (χ2v) is 8.49. The Hall–Kier alpha value is -3.63. The average Bonchev–Trinajstić information content (AvgIpc) is 2.82. The Morgan fingerprint density at radius 1 is 1.11 bits per heavy atom. The number of amides is 2. The number of benzene rings is 1. The van der Waals surface area contributed by atoms with Gasteiger partial charge in [-0.05, 0) is 51.0 Å². The number of nitrogens with zero attached hydrogens (tertiary/aromatic N) is 2. The highest BCUT2D eigenvalue weighted by atomic mass is 19.4. The SMILES string of the molecule is CC(C)NC(=O)c1ccccc1NC(=O)COC(=O)C1CCN(c2ccc(C(F)(F)F)cn2)CC1. The molecule has 11 heteroatoms. The number of anilines is 2. The van der Waals surface area contributed by atoms with E-state index in [1.54, 1.807) is 29.2 Å². The van der Waals surface area contributed by atoms with Crippen molar-refractivity contribution in [3.05, 3.63) is 53.7 Å². The lowest BCUT2D eigenvalue weighted by molar-refractivity contribution is -0.152. The van der Waals surface area contributed by atoms with Crippen LogP contribution in [0.3, 0.4) is 0 Å². The Bertz CT molecular complexity index is 1050. The number of piperidine rings is 1. The molecular formula is C24H27F3N4O4. The number of ether oxygens (including phenoxy) is 1. The maximum Gasteiger partial charge on any atom is 0.417 e. The summed E-state index contributed by atoms with van der Waals surface area (Å²) >= 11 is 0. The van der Waals surface area contributed by atoms with Crippen LogP contribution in [0.4, 0.5) is 24.7 Å². The first kappa shape index (κ1) is 26.0. The molecule has 188 valence electrons. The summed E-state index contributed by atoms with van der Waals surface area (Å²) in [7, 11) is 0. The van der Waals surface area contributed by atoms with Crippen molar-refractivity contribution in [2.45, 2.75) is 38.9 Å². The summed E-state index contributed by atoms with van der Waals surface area (Å²) < 4.78 is 43.3. The number of para-hydroxylation sites is 1. The van der Waals surface area contributed by atoms with Crippen LogP contribution in [0.2, 0.25) is 0 Å². The Labute approximate surface area is 200 Å². The Balaban J connectivity index is 1.47. The van der Waals surface area contributed by atoms with E-state index >= 15 is 0 Å². The molecule has 35 heavy (non-hydrogen) atoms. The van der Waals surface area contributed by atoms with Crippen molar-refractivity contribution in [2.24, 2.45) is 5.92 Å². The molecule has 1 fully saturated rings. The van der Waals surface area contributed by atoms with E-state index in [0.29, 0.717) is 43.0 Å². The molecule has 1 aliphatic heterocycles. The third-order valence-corrected chi connectivity index (χ3v) is 5.44. The van der Waals surface area contributed by atoms with E-state index in [1.165, 1.54) is 6.07 Å². The van der Waals surface area contributed by atoms with Crippen LogP contribution in [0, 0.1) is 5.92 Å². The maximum absolute atomic E-state index is 12.7. The third kappa shape index (κ3) is 7.17.